The van der Waals surface area contributed by atoms with Crippen LogP contribution >= 0.6 is 11.6 Å². The van der Waals surface area contributed by atoms with Crippen molar-refractivity contribution in [3.63, 3.8) is 0 Å². The van der Waals surface area contributed by atoms with Crippen LogP contribution in [0.25, 0.3) is 0 Å². The minimum atomic E-state index is -1.03. The molecule has 1 aromatic rings. The van der Waals surface area contributed by atoms with Gasteiger partial charge < -0.3 is 19.5 Å². The van der Waals surface area contributed by atoms with Crippen LogP contribution < -0.4 is 9.47 Å². The molecular weight excluding hydrogens is 342 g/mol. The van der Waals surface area contributed by atoms with Crippen molar-refractivity contribution in [3.05, 3.63) is 22.7 Å². The average Bonchev–Trinajstić information content (AvgIpc) is 2.61. The summed E-state index contributed by atoms with van der Waals surface area (Å²) in [6.07, 6.45) is 5.73. The van der Waals surface area contributed by atoms with Crippen LogP contribution in [0.5, 0.6) is 11.5 Å². The van der Waals surface area contributed by atoms with Gasteiger partial charge in [0.05, 0.1) is 5.02 Å². The zero-order valence-electron chi connectivity index (χ0n) is 14.7. The van der Waals surface area contributed by atoms with Crippen LogP contribution in [-0.2, 0) is 0 Å². The highest BCUT2D eigenvalue weighted by atomic mass is 35.5. The van der Waals surface area contributed by atoms with Gasteiger partial charge in [0.1, 0.15) is 18.3 Å². The van der Waals surface area contributed by atoms with Gasteiger partial charge in [-0.3, -0.25) is 0 Å². The second-order valence-electron chi connectivity index (χ2n) is 6.98. The van der Waals surface area contributed by atoms with Crippen molar-refractivity contribution in [2.45, 2.75) is 45.1 Å². The third-order valence-corrected chi connectivity index (χ3v) is 5.42. The number of unbranched alkanes of at least 4 members (excludes halogenated alkanes) is 1. The number of ether oxygens (including phenoxy) is 2. The molecule has 1 saturated heterocycles. The summed E-state index contributed by atoms with van der Waals surface area (Å²) >= 11 is 6.19. The average molecular weight is 368 g/mol. The zero-order valence-corrected chi connectivity index (χ0v) is 15.4. The Morgan fingerprint density at radius 3 is 2.76 bits per heavy atom. The Morgan fingerprint density at radius 2 is 2.08 bits per heavy atom. The van der Waals surface area contributed by atoms with Gasteiger partial charge >= 0.3 is 5.97 Å². The molecule has 0 spiro atoms. The Balaban J connectivity index is 1.57. The van der Waals surface area contributed by atoms with Crippen LogP contribution in [0.4, 0.5) is 0 Å². The van der Waals surface area contributed by atoms with E-state index >= 15 is 0 Å². The first kappa shape index (κ1) is 18.3. The third kappa shape index (κ3) is 4.39. The van der Waals surface area contributed by atoms with Gasteiger partial charge in [-0.05, 0) is 63.4 Å². The number of fused-ring (bicyclic) bond motifs is 1. The molecule has 1 aromatic carbocycles. The van der Waals surface area contributed by atoms with E-state index in [0.29, 0.717) is 23.3 Å². The molecule has 1 fully saturated rings. The lowest BCUT2D eigenvalue weighted by molar-refractivity contribution is 0.0545. The summed E-state index contributed by atoms with van der Waals surface area (Å²) < 4.78 is 11.7. The molecule has 0 aliphatic carbocycles. The van der Waals surface area contributed by atoms with Crippen molar-refractivity contribution in [1.82, 2.24) is 4.90 Å². The molecule has 1 N–H and O–H groups in total. The van der Waals surface area contributed by atoms with E-state index in [1.54, 1.807) is 6.07 Å². The predicted molar refractivity (Wildman–Crippen MR) is 97.0 cm³/mol. The highest BCUT2D eigenvalue weighted by molar-refractivity contribution is 6.32. The fraction of sp³-hybridized carbons (Fsp3) is 0.632. The van der Waals surface area contributed by atoms with Crippen molar-refractivity contribution >= 4 is 17.6 Å². The van der Waals surface area contributed by atoms with Crippen LogP contribution in [0.15, 0.2) is 12.1 Å². The summed E-state index contributed by atoms with van der Waals surface area (Å²) in [5.41, 5.74) is 0.0992. The van der Waals surface area contributed by atoms with E-state index in [4.69, 9.17) is 21.1 Å². The molecule has 3 rings (SSSR count). The molecule has 0 saturated carbocycles. The number of nitrogens with zero attached hydrogens (tertiary/aromatic N) is 1. The predicted octanol–water partition coefficient (Wildman–Crippen LogP) is 4.08. The summed E-state index contributed by atoms with van der Waals surface area (Å²) in [5.74, 6) is 0.215. The first-order valence-corrected chi connectivity index (χ1v) is 9.54. The van der Waals surface area contributed by atoms with Crippen LogP contribution in [0.1, 0.15) is 49.4 Å². The maximum Gasteiger partial charge on any atom is 0.339 e. The van der Waals surface area contributed by atoms with E-state index in [0.717, 1.165) is 19.5 Å². The number of hydrogen-bond donors (Lipinski definition) is 1. The molecule has 25 heavy (non-hydrogen) atoms. The van der Waals surface area contributed by atoms with E-state index in [-0.39, 0.29) is 17.4 Å². The van der Waals surface area contributed by atoms with Gasteiger partial charge in [0.15, 0.2) is 11.5 Å². The number of carboxylic acid groups (broad SMARTS) is 1. The van der Waals surface area contributed by atoms with Gasteiger partial charge in [-0.15, -0.1) is 0 Å². The molecule has 0 aromatic heterocycles. The number of carboxylic acids is 1. The molecule has 5 nitrogen and oxygen atoms in total. The Bertz CT molecular complexity index is 614. The summed E-state index contributed by atoms with van der Waals surface area (Å²) in [4.78, 5) is 13.9. The van der Waals surface area contributed by atoms with Crippen molar-refractivity contribution < 1.29 is 19.4 Å². The van der Waals surface area contributed by atoms with E-state index in [1.165, 1.54) is 38.3 Å². The number of benzene rings is 1. The first-order chi connectivity index (χ1) is 12.1. The smallest absolute Gasteiger partial charge is 0.339 e. The number of likely N-dealkylation sites (tertiary alicyclic amines) is 1. The van der Waals surface area contributed by atoms with Crippen molar-refractivity contribution in [3.8, 4) is 11.5 Å². The van der Waals surface area contributed by atoms with Gasteiger partial charge in [0.2, 0.25) is 0 Å². The number of halogens is 1. The van der Waals surface area contributed by atoms with E-state index in [2.05, 4.69) is 11.8 Å². The van der Waals surface area contributed by atoms with Crippen LogP contribution in [0, 0.1) is 5.92 Å². The number of piperidine rings is 1. The molecule has 138 valence electrons. The zero-order chi connectivity index (χ0) is 17.8. The quantitative estimate of drug-likeness (QED) is 0.820. The van der Waals surface area contributed by atoms with Crippen LogP contribution in [0.3, 0.4) is 0 Å². The molecule has 2 aliphatic rings. The van der Waals surface area contributed by atoms with E-state index in [9.17, 15) is 9.90 Å². The van der Waals surface area contributed by atoms with Gasteiger partial charge in [0.25, 0.3) is 0 Å². The molecule has 0 radical (unpaired) electrons. The summed E-state index contributed by atoms with van der Waals surface area (Å²) in [6, 6.07) is 3.01. The molecule has 6 heteroatoms. The Labute approximate surface area is 153 Å². The summed E-state index contributed by atoms with van der Waals surface area (Å²) in [5, 5.41) is 9.66. The van der Waals surface area contributed by atoms with Gasteiger partial charge in [-0.2, -0.15) is 0 Å². The standard InChI is InChI=1S/C19H26ClNO4/c1-2-3-8-21-9-6-13(7-10-21)11-14-12-24-17-15(19(22)23)4-5-16(20)18(17)25-14/h4-5,13-14H,2-3,6-12H2,1H3,(H,22,23). The maximum atomic E-state index is 11.3. The fourth-order valence-corrected chi connectivity index (χ4v) is 3.85. The SMILES string of the molecule is CCCCN1CCC(CC2COc3c(C(=O)O)ccc(Cl)c3O2)CC1. The Morgan fingerprint density at radius 1 is 1.32 bits per heavy atom. The van der Waals surface area contributed by atoms with Gasteiger partial charge in [-0.1, -0.05) is 24.9 Å². The number of hydrogen-bond acceptors (Lipinski definition) is 4. The minimum Gasteiger partial charge on any atom is -0.485 e. The second-order valence-corrected chi connectivity index (χ2v) is 7.39. The molecule has 0 bridgehead atoms. The monoisotopic (exact) mass is 367 g/mol. The summed E-state index contributed by atoms with van der Waals surface area (Å²) in [7, 11) is 0. The number of rotatable bonds is 6. The topological polar surface area (TPSA) is 59.0 Å². The Kier molecular flexibility index (Phi) is 6.07. The van der Waals surface area contributed by atoms with Crippen LogP contribution in [-0.4, -0.2) is 48.3 Å². The lowest BCUT2D eigenvalue weighted by Crippen LogP contribution is -2.38. The molecule has 0 amide bonds. The van der Waals surface area contributed by atoms with Gasteiger partial charge in [-0.25, -0.2) is 4.79 Å². The number of aromatic carboxylic acids is 1. The lowest BCUT2D eigenvalue weighted by Gasteiger charge is -2.35. The molecular formula is C19H26ClNO4. The third-order valence-electron chi connectivity index (χ3n) is 5.12. The Hall–Kier alpha value is -1.46. The van der Waals surface area contributed by atoms with Crippen LogP contribution in [0.2, 0.25) is 5.02 Å². The first-order valence-electron chi connectivity index (χ1n) is 9.16. The maximum absolute atomic E-state index is 11.3. The van der Waals surface area contributed by atoms with Crippen molar-refractivity contribution in [1.29, 1.82) is 0 Å². The lowest BCUT2D eigenvalue weighted by atomic mass is 9.91. The van der Waals surface area contributed by atoms with Crippen molar-refractivity contribution in [2.75, 3.05) is 26.2 Å². The van der Waals surface area contributed by atoms with Gasteiger partial charge in [0, 0.05) is 0 Å². The molecule has 2 heterocycles. The van der Waals surface area contributed by atoms with Crippen molar-refractivity contribution in [2.24, 2.45) is 5.92 Å². The largest absolute Gasteiger partial charge is 0.485 e. The second kappa shape index (κ2) is 8.28. The number of carbonyl (C=O) groups is 1. The molecule has 1 atom stereocenters. The highest BCUT2D eigenvalue weighted by Gasteiger charge is 2.30. The normalized spacial score (nSPS) is 21.3. The minimum absolute atomic E-state index is 0.0683. The molecule has 1 unspecified atom stereocenters. The summed E-state index contributed by atoms with van der Waals surface area (Å²) in [6.45, 7) is 6.11. The molecule has 2 aliphatic heterocycles. The van der Waals surface area contributed by atoms with E-state index in [1.807, 2.05) is 0 Å². The highest BCUT2D eigenvalue weighted by Crippen LogP contribution is 2.42. The fourth-order valence-electron chi connectivity index (χ4n) is 3.65. The van der Waals surface area contributed by atoms with E-state index < -0.39 is 5.97 Å².